The van der Waals surface area contributed by atoms with Crippen LogP contribution in [0.2, 0.25) is 0 Å². The highest BCUT2D eigenvalue weighted by Crippen LogP contribution is 2.44. The minimum Gasteiger partial charge on any atom is -0.481 e. The maximum Gasteiger partial charge on any atom is 0.407 e. The van der Waals surface area contributed by atoms with Gasteiger partial charge in [0.2, 0.25) is 5.91 Å². The average Bonchev–Trinajstić information content (AvgIpc) is 3.13. The largest absolute Gasteiger partial charge is 0.481 e. The Balaban J connectivity index is 1.39. The summed E-state index contributed by atoms with van der Waals surface area (Å²) in [5.74, 6) is -1.47. The van der Waals surface area contributed by atoms with E-state index in [0.29, 0.717) is 19.3 Å². The zero-order valence-electron chi connectivity index (χ0n) is 19.7. The number of nitrogens with one attached hydrogen (secondary N) is 2. The molecule has 3 N–H and O–H groups in total. The van der Waals surface area contributed by atoms with Gasteiger partial charge in [0.15, 0.2) is 0 Å². The molecule has 0 aliphatic heterocycles. The fourth-order valence-corrected chi connectivity index (χ4v) is 4.91. The standard InChI is InChI=1S/C27H32N2O5/c1-3-17(2)23(24(30)28-16-27(25(31)32)13-8-14-27)29-26(33)34-15-22-20-11-6-4-9-18(20)19-10-5-7-12-21(19)22/h4-7,9-12,17,22-23H,3,8,13-16H2,1-2H3,(H,28,30)(H,29,33)(H,31,32). The van der Waals surface area contributed by atoms with Gasteiger partial charge in [-0.2, -0.15) is 0 Å². The third-order valence-corrected chi connectivity index (χ3v) is 7.48. The number of rotatable bonds is 9. The molecule has 7 nitrogen and oxygen atoms in total. The summed E-state index contributed by atoms with van der Waals surface area (Å²) in [6.45, 7) is 4.05. The first-order chi connectivity index (χ1) is 16.4. The Morgan fingerprint density at radius 3 is 2.15 bits per heavy atom. The van der Waals surface area contributed by atoms with Crippen LogP contribution in [-0.2, 0) is 14.3 Å². The predicted molar refractivity (Wildman–Crippen MR) is 128 cm³/mol. The van der Waals surface area contributed by atoms with Crippen LogP contribution in [0.4, 0.5) is 4.79 Å². The van der Waals surface area contributed by atoms with Crippen LogP contribution in [0.15, 0.2) is 48.5 Å². The van der Waals surface area contributed by atoms with E-state index in [1.54, 1.807) is 0 Å². The van der Waals surface area contributed by atoms with Gasteiger partial charge in [0, 0.05) is 12.5 Å². The molecule has 2 aromatic carbocycles. The Morgan fingerprint density at radius 2 is 1.65 bits per heavy atom. The number of carbonyl (C=O) groups is 3. The summed E-state index contributed by atoms with van der Waals surface area (Å²) in [5, 5.41) is 15.0. The maximum absolute atomic E-state index is 12.9. The minimum atomic E-state index is -0.889. The molecule has 1 saturated carbocycles. The van der Waals surface area contributed by atoms with E-state index in [1.165, 1.54) is 0 Å². The molecular weight excluding hydrogens is 432 g/mol. The smallest absolute Gasteiger partial charge is 0.407 e. The molecule has 7 heteroatoms. The first-order valence-corrected chi connectivity index (χ1v) is 12.0. The van der Waals surface area contributed by atoms with Crippen molar-refractivity contribution in [2.75, 3.05) is 13.2 Å². The van der Waals surface area contributed by atoms with E-state index >= 15 is 0 Å². The van der Waals surface area contributed by atoms with Gasteiger partial charge in [0.25, 0.3) is 0 Å². The maximum atomic E-state index is 12.9. The van der Waals surface area contributed by atoms with Gasteiger partial charge in [-0.05, 0) is 41.0 Å². The SMILES string of the molecule is CCC(C)C(NC(=O)OCC1c2ccccc2-c2ccccc21)C(=O)NCC1(C(=O)O)CCC1. The molecule has 4 rings (SSSR count). The average molecular weight is 465 g/mol. The van der Waals surface area contributed by atoms with Crippen molar-refractivity contribution in [2.24, 2.45) is 11.3 Å². The summed E-state index contributed by atoms with van der Waals surface area (Å²) < 4.78 is 5.61. The number of carboxylic acid groups (broad SMARTS) is 1. The monoisotopic (exact) mass is 464 g/mol. The molecule has 2 aromatic rings. The molecule has 34 heavy (non-hydrogen) atoms. The fourth-order valence-electron chi connectivity index (χ4n) is 4.91. The number of benzene rings is 2. The van der Waals surface area contributed by atoms with Crippen molar-refractivity contribution >= 4 is 18.0 Å². The van der Waals surface area contributed by atoms with Gasteiger partial charge in [0.05, 0.1) is 5.41 Å². The number of carbonyl (C=O) groups excluding carboxylic acids is 2. The first kappa shape index (κ1) is 23.8. The quantitative estimate of drug-likeness (QED) is 0.513. The van der Waals surface area contributed by atoms with Crippen molar-refractivity contribution in [2.45, 2.75) is 51.5 Å². The minimum absolute atomic E-state index is 0.0666. The van der Waals surface area contributed by atoms with Gasteiger partial charge >= 0.3 is 12.1 Å². The van der Waals surface area contributed by atoms with E-state index in [0.717, 1.165) is 28.7 Å². The van der Waals surface area contributed by atoms with E-state index < -0.39 is 23.5 Å². The van der Waals surface area contributed by atoms with Crippen LogP contribution in [0.5, 0.6) is 0 Å². The van der Waals surface area contributed by atoms with Gasteiger partial charge in [0.1, 0.15) is 12.6 Å². The molecule has 0 heterocycles. The Bertz CT molecular complexity index is 1030. The van der Waals surface area contributed by atoms with Gasteiger partial charge < -0.3 is 20.5 Å². The molecule has 2 atom stereocenters. The van der Waals surface area contributed by atoms with Gasteiger partial charge in [-0.3, -0.25) is 9.59 Å². The number of hydrogen-bond acceptors (Lipinski definition) is 4. The first-order valence-electron chi connectivity index (χ1n) is 12.0. The molecule has 0 aromatic heterocycles. The van der Waals surface area contributed by atoms with Gasteiger partial charge in [-0.15, -0.1) is 0 Å². The van der Waals surface area contributed by atoms with E-state index in [9.17, 15) is 19.5 Å². The lowest BCUT2D eigenvalue weighted by molar-refractivity contribution is -0.154. The summed E-state index contributed by atoms with van der Waals surface area (Å²) in [6, 6.07) is 15.4. The van der Waals surface area contributed by atoms with E-state index in [4.69, 9.17) is 4.74 Å². The van der Waals surface area contributed by atoms with Crippen LogP contribution in [0.1, 0.15) is 56.6 Å². The van der Waals surface area contributed by atoms with Crippen molar-refractivity contribution in [3.63, 3.8) is 0 Å². The molecule has 2 amide bonds. The van der Waals surface area contributed by atoms with Crippen LogP contribution >= 0.6 is 0 Å². The van der Waals surface area contributed by atoms with Crippen LogP contribution < -0.4 is 10.6 Å². The summed E-state index contributed by atoms with van der Waals surface area (Å²) in [7, 11) is 0. The topological polar surface area (TPSA) is 105 Å². The van der Waals surface area contributed by atoms with Crippen molar-refractivity contribution in [1.82, 2.24) is 10.6 Å². The number of fused-ring (bicyclic) bond motifs is 3. The highest BCUT2D eigenvalue weighted by Gasteiger charge is 2.45. The summed E-state index contributed by atoms with van der Waals surface area (Å²) in [5.41, 5.74) is 3.64. The lowest BCUT2D eigenvalue weighted by atomic mass is 9.68. The number of carboxylic acids is 1. The van der Waals surface area contributed by atoms with E-state index in [-0.39, 0.29) is 30.9 Å². The van der Waals surface area contributed by atoms with E-state index in [2.05, 4.69) is 34.9 Å². The van der Waals surface area contributed by atoms with Crippen LogP contribution in [-0.4, -0.2) is 42.3 Å². The van der Waals surface area contributed by atoms with Crippen molar-refractivity contribution < 1.29 is 24.2 Å². The summed E-state index contributed by atoms with van der Waals surface area (Å²) >= 11 is 0. The second-order valence-electron chi connectivity index (χ2n) is 9.49. The predicted octanol–water partition coefficient (Wildman–Crippen LogP) is 4.31. The van der Waals surface area contributed by atoms with Crippen LogP contribution in [0.3, 0.4) is 0 Å². The molecule has 180 valence electrons. The lowest BCUT2D eigenvalue weighted by Crippen LogP contribution is -2.54. The van der Waals surface area contributed by atoms with Crippen molar-refractivity contribution in [1.29, 1.82) is 0 Å². The Hall–Kier alpha value is -3.35. The van der Waals surface area contributed by atoms with Gasteiger partial charge in [-0.1, -0.05) is 75.2 Å². The van der Waals surface area contributed by atoms with Crippen molar-refractivity contribution in [3.05, 3.63) is 59.7 Å². The molecule has 2 unspecified atom stereocenters. The number of aliphatic carboxylic acids is 1. The third-order valence-electron chi connectivity index (χ3n) is 7.48. The Kier molecular flexibility index (Phi) is 6.91. The molecule has 1 fully saturated rings. The third kappa shape index (κ3) is 4.52. The highest BCUT2D eigenvalue weighted by molar-refractivity contribution is 5.87. The second-order valence-corrected chi connectivity index (χ2v) is 9.49. The number of amides is 2. The molecule has 0 radical (unpaired) electrons. The van der Waals surface area contributed by atoms with Crippen LogP contribution in [0.25, 0.3) is 11.1 Å². The molecule has 0 bridgehead atoms. The number of hydrogen-bond donors (Lipinski definition) is 3. The van der Waals surface area contributed by atoms with E-state index in [1.807, 2.05) is 38.1 Å². The van der Waals surface area contributed by atoms with Crippen molar-refractivity contribution in [3.8, 4) is 11.1 Å². The number of ether oxygens (including phenoxy) is 1. The second kappa shape index (κ2) is 9.87. The zero-order valence-corrected chi connectivity index (χ0v) is 19.7. The summed E-state index contributed by atoms with van der Waals surface area (Å²) in [6.07, 6.45) is 1.96. The highest BCUT2D eigenvalue weighted by atomic mass is 16.5. The molecular formula is C27H32N2O5. The Morgan fingerprint density at radius 1 is 1.06 bits per heavy atom. The number of alkyl carbamates (subject to hydrolysis) is 1. The normalized spacial score (nSPS) is 17.5. The fraction of sp³-hybridized carbons (Fsp3) is 0.444. The molecule has 0 saturated heterocycles. The molecule has 0 spiro atoms. The van der Waals surface area contributed by atoms with Crippen LogP contribution in [0, 0.1) is 11.3 Å². The Labute approximate surface area is 199 Å². The van der Waals surface area contributed by atoms with Gasteiger partial charge in [-0.25, -0.2) is 4.79 Å². The molecule has 2 aliphatic rings. The zero-order chi connectivity index (χ0) is 24.3. The molecule has 2 aliphatic carbocycles. The lowest BCUT2D eigenvalue weighted by Gasteiger charge is -2.38. The summed E-state index contributed by atoms with van der Waals surface area (Å²) in [4.78, 5) is 37.2.